The predicted molar refractivity (Wildman–Crippen MR) is 93.4 cm³/mol. The molecule has 0 aliphatic carbocycles. The highest BCUT2D eigenvalue weighted by atomic mass is 16.5. The number of hydrogen-bond donors (Lipinski definition) is 3. The molecule has 1 aromatic rings. The molecule has 0 fully saturated rings. The second kappa shape index (κ2) is 10.6. The molecule has 0 atom stereocenters. The van der Waals surface area contributed by atoms with Crippen molar-refractivity contribution in [2.24, 2.45) is 16.6 Å². The van der Waals surface area contributed by atoms with Crippen molar-refractivity contribution >= 4 is 11.9 Å². The Morgan fingerprint density at radius 2 is 2.13 bits per heavy atom. The molecule has 6 heteroatoms. The maximum absolute atomic E-state index is 11.2. The van der Waals surface area contributed by atoms with E-state index in [1.807, 2.05) is 12.1 Å². The Balaban J connectivity index is 2.29. The molecule has 128 valence electrons. The van der Waals surface area contributed by atoms with E-state index in [0.29, 0.717) is 18.0 Å². The molecule has 0 spiro atoms. The van der Waals surface area contributed by atoms with Crippen LogP contribution in [-0.4, -0.2) is 38.7 Å². The molecule has 1 aromatic carbocycles. The molecule has 0 heterocycles. The second-order valence-corrected chi connectivity index (χ2v) is 5.74. The Kier molecular flexibility index (Phi) is 8.75. The van der Waals surface area contributed by atoms with Gasteiger partial charge in [-0.2, -0.15) is 0 Å². The number of amides is 1. The van der Waals surface area contributed by atoms with Crippen molar-refractivity contribution < 1.29 is 9.53 Å². The van der Waals surface area contributed by atoms with Gasteiger partial charge in [0.2, 0.25) is 5.91 Å². The van der Waals surface area contributed by atoms with E-state index in [4.69, 9.17) is 10.5 Å². The maximum atomic E-state index is 11.2. The highest BCUT2D eigenvalue weighted by molar-refractivity contribution is 5.92. The fourth-order valence-electron chi connectivity index (χ4n) is 1.94. The van der Waals surface area contributed by atoms with Crippen LogP contribution in [0, 0.1) is 5.92 Å². The first-order valence-corrected chi connectivity index (χ1v) is 7.94. The van der Waals surface area contributed by atoms with Crippen molar-refractivity contribution in [1.82, 2.24) is 10.6 Å². The van der Waals surface area contributed by atoms with Gasteiger partial charge in [-0.3, -0.25) is 9.79 Å². The minimum absolute atomic E-state index is 0.421. The normalized spacial score (nSPS) is 11.6. The van der Waals surface area contributed by atoms with Crippen LogP contribution in [0.4, 0.5) is 0 Å². The van der Waals surface area contributed by atoms with Gasteiger partial charge in [0.1, 0.15) is 0 Å². The fourth-order valence-corrected chi connectivity index (χ4v) is 1.94. The first-order valence-electron chi connectivity index (χ1n) is 7.94. The minimum atomic E-state index is -0.421. The van der Waals surface area contributed by atoms with E-state index >= 15 is 0 Å². The van der Waals surface area contributed by atoms with Crippen LogP contribution in [0.5, 0.6) is 0 Å². The van der Waals surface area contributed by atoms with Crippen molar-refractivity contribution in [3.63, 3.8) is 0 Å². The van der Waals surface area contributed by atoms with Crippen molar-refractivity contribution in [3.05, 3.63) is 35.4 Å². The molecule has 0 aliphatic rings. The molecule has 0 radical (unpaired) electrons. The fraction of sp³-hybridized carbons (Fsp3) is 0.529. The molecule has 0 saturated carbocycles. The van der Waals surface area contributed by atoms with Crippen molar-refractivity contribution in [2.45, 2.75) is 26.8 Å². The number of nitrogens with two attached hydrogens (primary N) is 1. The van der Waals surface area contributed by atoms with Gasteiger partial charge >= 0.3 is 0 Å². The lowest BCUT2D eigenvalue weighted by Crippen LogP contribution is -2.37. The van der Waals surface area contributed by atoms with E-state index in [2.05, 4.69) is 29.5 Å². The van der Waals surface area contributed by atoms with Gasteiger partial charge in [0.15, 0.2) is 5.96 Å². The monoisotopic (exact) mass is 320 g/mol. The van der Waals surface area contributed by atoms with Gasteiger partial charge in [0.05, 0.1) is 0 Å². The summed E-state index contributed by atoms with van der Waals surface area (Å²) in [6.07, 6.45) is 0.921. The Hall–Kier alpha value is -2.08. The summed E-state index contributed by atoms with van der Waals surface area (Å²) in [5.74, 6) is 0.864. The van der Waals surface area contributed by atoms with Gasteiger partial charge in [0.25, 0.3) is 0 Å². The third-order valence-corrected chi connectivity index (χ3v) is 3.10. The van der Waals surface area contributed by atoms with Crippen LogP contribution >= 0.6 is 0 Å². The summed E-state index contributed by atoms with van der Waals surface area (Å²) in [6, 6.07) is 7.24. The Morgan fingerprint density at radius 3 is 2.78 bits per heavy atom. The second-order valence-electron chi connectivity index (χ2n) is 5.74. The van der Waals surface area contributed by atoms with Crippen LogP contribution in [0.25, 0.3) is 0 Å². The van der Waals surface area contributed by atoms with Gasteiger partial charge in [-0.25, -0.2) is 0 Å². The topological polar surface area (TPSA) is 88.7 Å². The van der Waals surface area contributed by atoms with Crippen LogP contribution in [0.2, 0.25) is 0 Å². The number of benzene rings is 1. The number of nitrogens with zero attached hydrogens (tertiary/aromatic N) is 1. The lowest BCUT2D eigenvalue weighted by molar-refractivity contribution is 0.1000. The predicted octanol–water partition coefficient (Wildman–Crippen LogP) is 1.51. The SMILES string of the molecule is CN=C(NCCCOCC(C)C)NCc1cccc(C(N)=O)c1. The number of aliphatic imine (C=N–C) groups is 1. The maximum Gasteiger partial charge on any atom is 0.248 e. The summed E-state index contributed by atoms with van der Waals surface area (Å²) in [6.45, 7) is 7.17. The lowest BCUT2D eigenvalue weighted by Gasteiger charge is -2.12. The molecule has 23 heavy (non-hydrogen) atoms. The molecule has 4 N–H and O–H groups in total. The van der Waals surface area contributed by atoms with Crippen molar-refractivity contribution in [2.75, 3.05) is 26.8 Å². The number of rotatable bonds is 9. The molecule has 1 amide bonds. The minimum Gasteiger partial charge on any atom is -0.381 e. The lowest BCUT2D eigenvalue weighted by atomic mass is 10.1. The summed E-state index contributed by atoms with van der Waals surface area (Å²) in [4.78, 5) is 15.3. The van der Waals surface area contributed by atoms with E-state index in [9.17, 15) is 4.79 Å². The first kappa shape index (κ1) is 19.0. The number of hydrogen-bond acceptors (Lipinski definition) is 3. The quantitative estimate of drug-likeness (QED) is 0.365. The Bertz CT molecular complexity index is 515. The van der Waals surface area contributed by atoms with Crippen LogP contribution < -0.4 is 16.4 Å². The first-order chi connectivity index (χ1) is 11.0. The zero-order valence-corrected chi connectivity index (χ0v) is 14.3. The summed E-state index contributed by atoms with van der Waals surface area (Å²) < 4.78 is 5.53. The number of primary amides is 1. The number of carbonyl (C=O) groups is 1. The summed E-state index contributed by atoms with van der Waals surface area (Å²) >= 11 is 0. The van der Waals surface area contributed by atoms with Gasteiger partial charge in [-0.1, -0.05) is 26.0 Å². The van der Waals surface area contributed by atoms with Crippen molar-refractivity contribution in [3.8, 4) is 0 Å². The zero-order chi connectivity index (χ0) is 17.1. The van der Waals surface area contributed by atoms with Gasteiger partial charge in [0, 0.05) is 38.9 Å². The smallest absolute Gasteiger partial charge is 0.248 e. The van der Waals surface area contributed by atoms with Crippen LogP contribution in [0.15, 0.2) is 29.3 Å². The number of guanidine groups is 1. The third kappa shape index (κ3) is 8.21. The summed E-state index contributed by atoms with van der Waals surface area (Å²) in [5.41, 5.74) is 6.77. The highest BCUT2D eigenvalue weighted by Gasteiger charge is 2.02. The largest absolute Gasteiger partial charge is 0.381 e. The molecule has 1 rings (SSSR count). The summed E-state index contributed by atoms with van der Waals surface area (Å²) in [5, 5.41) is 6.44. The number of ether oxygens (including phenoxy) is 1. The standard InChI is InChI=1S/C17H28N4O2/c1-13(2)12-23-9-5-8-20-17(19-3)21-11-14-6-4-7-15(10-14)16(18)22/h4,6-7,10,13H,5,8-9,11-12H2,1-3H3,(H2,18,22)(H2,19,20,21). The molecule has 0 unspecified atom stereocenters. The van der Waals surface area contributed by atoms with Crippen LogP contribution in [0.1, 0.15) is 36.2 Å². The Morgan fingerprint density at radius 1 is 1.35 bits per heavy atom. The summed E-state index contributed by atoms with van der Waals surface area (Å²) in [7, 11) is 1.73. The van der Waals surface area contributed by atoms with Crippen molar-refractivity contribution in [1.29, 1.82) is 0 Å². The molecule has 0 aliphatic heterocycles. The molecule has 0 aromatic heterocycles. The molecule has 6 nitrogen and oxygen atoms in total. The van der Waals surface area contributed by atoms with E-state index < -0.39 is 5.91 Å². The highest BCUT2D eigenvalue weighted by Crippen LogP contribution is 2.04. The number of carbonyl (C=O) groups excluding carboxylic acids is 1. The molecule has 0 saturated heterocycles. The zero-order valence-electron chi connectivity index (χ0n) is 14.3. The van der Waals surface area contributed by atoms with E-state index in [-0.39, 0.29) is 0 Å². The molecular weight excluding hydrogens is 292 g/mol. The van der Waals surface area contributed by atoms with Gasteiger partial charge in [-0.15, -0.1) is 0 Å². The van der Waals surface area contributed by atoms with Gasteiger partial charge < -0.3 is 21.1 Å². The molecular formula is C17H28N4O2. The van der Waals surface area contributed by atoms with E-state index in [0.717, 1.165) is 37.7 Å². The van der Waals surface area contributed by atoms with Crippen LogP contribution in [-0.2, 0) is 11.3 Å². The average molecular weight is 320 g/mol. The Labute approximate surface area is 138 Å². The van der Waals surface area contributed by atoms with E-state index in [1.54, 1.807) is 19.2 Å². The molecule has 0 bridgehead atoms. The van der Waals surface area contributed by atoms with E-state index in [1.165, 1.54) is 0 Å². The van der Waals surface area contributed by atoms with Gasteiger partial charge in [-0.05, 0) is 30.0 Å². The average Bonchev–Trinajstić information content (AvgIpc) is 2.53. The van der Waals surface area contributed by atoms with Crippen LogP contribution in [0.3, 0.4) is 0 Å². The third-order valence-electron chi connectivity index (χ3n) is 3.10. The number of nitrogens with one attached hydrogen (secondary N) is 2.